The first-order valence-corrected chi connectivity index (χ1v) is 6.69. The quantitative estimate of drug-likeness (QED) is 0.676. The zero-order chi connectivity index (χ0) is 15.7. The average molecular weight is 298 g/mol. The highest BCUT2D eigenvalue weighted by atomic mass is 16.5. The first-order valence-electron chi connectivity index (χ1n) is 6.69. The number of aryl methyl sites for hydroxylation is 1. The Bertz CT molecular complexity index is 896. The number of aromatic nitrogens is 4. The summed E-state index contributed by atoms with van der Waals surface area (Å²) in [4.78, 5) is 24.0. The number of benzene rings is 1. The van der Waals surface area contributed by atoms with Crippen molar-refractivity contribution in [1.82, 2.24) is 19.6 Å². The lowest BCUT2D eigenvalue weighted by molar-refractivity contribution is -0.141. The Balaban J connectivity index is 2.25. The summed E-state index contributed by atoms with van der Waals surface area (Å²) in [6.45, 7) is 1.54. The van der Waals surface area contributed by atoms with Crippen molar-refractivity contribution in [2.24, 2.45) is 0 Å². The number of ether oxygens (including phenoxy) is 1. The molecule has 112 valence electrons. The molecule has 0 spiro atoms. The third-order valence-corrected chi connectivity index (χ3v) is 3.37. The van der Waals surface area contributed by atoms with E-state index in [0.717, 1.165) is 10.4 Å². The van der Waals surface area contributed by atoms with E-state index in [1.807, 2.05) is 30.3 Å². The maximum absolute atomic E-state index is 12.6. The summed E-state index contributed by atoms with van der Waals surface area (Å²) >= 11 is 0. The van der Waals surface area contributed by atoms with Crippen LogP contribution in [0.15, 0.2) is 41.3 Å². The SMILES string of the molecule is COC(=O)Cn1nc(C)c2cnn(-c3ccccc3)c2c1=O. The standard InChI is InChI=1S/C15H14N4O3/c1-10-12-8-16-19(11-6-4-3-5-7-11)14(12)15(21)18(17-10)9-13(20)22-2/h3-8H,9H2,1-2H3. The molecule has 0 aliphatic carbocycles. The van der Waals surface area contributed by atoms with Gasteiger partial charge in [-0.25, -0.2) is 9.36 Å². The summed E-state index contributed by atoms with van der Waals surface area (Å²) in [7, 11) is 1.27. The van der Waals surface area contributed by atoms with Crippen LogP contribution in [0.4, 0.5) is 0 Å². The van der Waals surface area contributed by atoms with E-state index in [0.29, 0.717) is 16.6 Å². The molecular formula is C15H14N4O3. The molecule has 0 saturated heterocycles. The number of fused-ring (bicyclic) bond motifs is 1. The highest BCUT2D eigenvalue weighted by molar-refractivity contribution is 5.81. The van der Waals surface area contributed by atoms with Gasteiger partial charge >= 0.3 is 5.97 Å². The molecule has 0 unspecified atom stereocenters. The molecule has 0 amide bonds. The van der Waals surface area contributed by atoms with E-state index in [2.05, 4.69) is 14.9 Å². The van der Waals surface area contributed by atoms with Gasteiger partial charge in [-0.05, 0) is 19.1 Å². The number of hydrogen-bond acceptors (Lipinski definition) is 5. The van der Waals surface area contributed by atoms with Crippen LogP contribution in [0.3, 0.4) is 0 Å². The summed E-state index contributed by atoms with van der Waals surface area (Å²) in [6.07, 6.45) is 1.61. The molecule has 0 fully saturated rings. The van der Waals surface area contributed by atoms with Gasteiger partial charge in [-0.2, -0.15) is 10.2 Å². The van der Waals surface area contributed by atoms with Crippen molar-refractivity contribution in [2.45, 2.75) is 13.5 Å². The Morgan fingerprint density at radius 2 is 2.00 bits per heavy atom. The van der Waals surface area contributed by atoms with Gasteiger partial charge in [-0.1, -0.05) is 18.2 Å². The molecule has 1 aromatic carbocycles. The van der Waals surface area contributed by atoms with Crippen molar-refractivity contribution in [3.05, 3.63) is 52.6 Å². The number of para-hydroxylation sites is 1. The first kappa shape index (κ1) is 14.0. The van der Waals surface area contributed by atoms with Gasteiger partial charge in [0.1, 0.15) is 12.1 Å². The van der Waals surface area contributed by atoms with Gasteiger partial charge in [0.2, 0.25) is 0 Å². The smallest absolute Gasteiger partial charge is 0.327 e. The topological polar surface area (TPSA) is 79.0 Å². The predicted octanol–water partition coefficient (Wildman–Crippen LogP) is 1.06. The minimum atomic E-state index is -0.529. The molecule has 0 bridgehead atoms. The minimum Gasteiger partial charge on any atom is -0.468 e. The molecule has 3 aromatic rings. The molecule has 7 heteroatoms. The van der Waals surface area contributed by atoms with Crippen molar-refractivity contribution in [3.63, 3.8) is 0 Å². The number of carbonyl (C=O) groups is 1. The van der Waals surface area contributed by atoms with Crippen LogP contribution in [0.2, 0.25) is 0 Å². The van der Waals surface area contributed by atoms with E-state index in [-0.39, 0.29) is 12.1 Å². The zero-order valence-corrected chi connectivity index (χ0v) is 12.2. The van der Waals surface area contributed by atoms with Gasteiger partial charge in [0.15, 0.2) is 0 Å². The van der Waals surface area contributed by atoms with Crippen LogP contribution in [-0.2, 0) is 16.1 Å². The Hall–Kier alpha value is -2.96. The lowest BCUT2D eigenvalue weighted by atomic mass is 10.2. The molecule has 7 nitrogen and oxygen atoms in total. The van der Waals surface area contributed by atoms with Gasteiger partial charge in [0, 0.05) is 5.39 Å². The Morgan fingerprint density at radius 3 is 2.68 bits per heavy atom. The summed E-state index contributed by atoms with van der Waals surface area (Å²) in [5.74, 6) is -0.529. The maximum Gasteiger partial charge on any atom is 0.327 e. The fourth-order valence-electron chi connectivity index (χ4n) is 2.28. The summed E-state index contributed by atoms with van der Waals surface area (Å²) < 4.78 is 7.25. The van der Waals surface area contributed by atoms with Crippen LogP contribution in [0.5, 0.6) is 0 Å². The molecule has 3 rings (SSSR count). The van der Waals surface area contributed by atoms with Gasteiger partial charge in [0.25, 0.3) is 5.56 Å². The van der Waals surface area contributed by atoms with Gasteiger partial charge in [-0.3, -0.25) is 9.59 Å². The third-order valence-electron chi connectivity index (χ3n) is 3.37. The number of esters is 1. The normalized spacial score (nSPS) is 10.8. The predicted molar refractivity (Wildman–Crippen MR) is 79.9 cm³/mol. The second kappa shape index (κ2) is 5.44. The number of rotatable bonds is 3. The maximum atomic E-state index is 12.6. The number of methoxy groups -OCH3 is 1. The molecule has 0 aliphatic rings. The van der Waals surface area contributed by atoms with Gasteiger partial charge in [0.05, 0.1) is 24.7 Å². The second-order valence-electron chi connectivity index (χ2n) is 4.78. The Morgan fingerprint density at radius 1 is 1.27 bits per heavy atom. The van der Waals surface area contributed by atoms with Crippen LogP contribution in [0, 0.1) is 6.92 Å². The Kier molecular flexibility index (Phi) is 3.46. The summed E-state index contributed by atoms with van der Waals surface area (Å²) in [6, 6.07) is 9.32. The number of carbonyl (C=O) groups excluding carboxylic acids is 1. The van der Waals surface area contributed by atoms with Crippen LogP contribution >= 0.6 is 0 Å². The number of hydrogen-bond donors (Lipinski definition) is 0. The van der Waals surface area contributed by atoms with Crippen LogP contribution < -0.4 is 5.56 Å². The van der Waals surface area contributed by atoms with Gasteiger partial charge < -0.3 is 4.74 Å². The van der Waals surface area contributed by atoms with Crippen LogP contribution in [-0.4, -0.2) is 32.6 Å². The highest BCUT2D eigenvalue weighted by Gasteiger charge is 2.16. The lowest BCUT2D eigenvalue weighted by Crippen LogP contribution is -2.29. The second-order valence-corrected chi connectivity index (χ2v) is 4.78. The molecule has 0 radical (unpaired) electrons. The number of nitrogens with zero attached hydrogens (tertiary/aromatic N) is 4. The van der Waals surface area contributed by atoms with E-state index in [9.17, 15) is 9.59 Å². The summed E-state index contributed by atoms with van der Waals surface area (Å²) in [5, 5.41) is 9.08. The molecule has 2 aromatic heterocycles. The lowest BCUT2D eigenvalue weighted by Gasteiger charge is -2.07. The Labute approximate surface area is 125 Å². The minimum absolute atomic E-state index is 0.230. The van der Waals surface area contributed by atoms with Gasteiger partial charge in [-0.15, -0.1) is 0 Å². The van der Waals surface area contributed by atoms with Crippen molar-refractivity contribution in [3.8, 4) is 5.69 Å². The summed E-state index contributed by atoms with van der Waals surface area (Å²) in [5.41, 5.74) is 1.40. The van der Waals surface area contributed by atoms with Crippen LogP contribution in [0.25, 0.3) is 16.6 Å². The van der Waals surface area contributed by atoms with Crippen molar-refractivity contribution in [2.75, 3.05) is 7.11 Å². The third kappa shape index (κ3) is 2.26. The van der Waals surface area contributed by atoms with Crippen molar-refractivity contribution < 1.29 is 9.53 Å². The van der Waals surface area contributed by atoms with E-state index in [1.165, 1.54) is 7.11 Å². The van der Waals surface area contributed by atoms with Crippen molar-refractivity contribution in [1.29, 1.82) is 0 Å². The van der Waals surface area contributed by atoms with E-state index >= 15 is 0 Å². The molecule has 0 N–H and O–H groups in total. The monoisotopic (exact) mass is 298 g/mol. The first-order chi connectivity index (χ1) is 10.6. The zero-order valence-electron chi connectivity index (χ0n) is 12.2. The molecule has 0 atom stereocenters. The molecule has 0 saturated carbocycles. The largest absolute Gasteiger partial charge is 0.468 e. The molecule has 0 aliphatic heterocycles. The molecular weight excluding hydrogens is 284 g/mol. The van der Waals surface area contributed by atoms with Crippen molar-refractivity contribution >= 4 is 16.9 Å². The molecule has 2 heterocycles. The fourth-order valence-corrected chi connectivity index (χ4v) is 2.28. The van der Waals surface area contributed by atoms with Crippen LogP contribution in [0.1, 0.15) is 5.69 Å². The van der Waals surface area contributed by atoms with E-state index in [1.54, 1.807) is 17.8 Å². The molecule has 22 heavy (non-hydrogen) atoms. The average Bonchev–Trinajstić information content (AvgIpc) is 2.98. The fraction of sp³-hybridized carbons (Fsp3) is 0.200. The highest BCUT2D eigenvalue weighted by Crippen LogP contribution is 2.16. The van der Waals surface area contributed by atoms with E-state index < -0.39 is 5.97 Å². The van der Waals surface area contributed by atoms with E-state index in [4.69, 9.17) is 0 Å².